The highest BCUT2D eigenvalue weighted by Gasteiger charge is 2.21. The van der Waals surface area contributed by atoms with E-state index in [1.807, 2.05) is 13.8 Å². The Kier molecular flexibility index (Phi) is 3.62. The number of nitrogens with zero attached hydrogens (tertiary/aromatic N) is 1. The summed E-state index contributed by atoms with van der Waals surface area (Å²) in [5, 5.41) is 0. The molecular formula is C11H15NOS. The lowest BCUT2D eigenvalue weighted by Crippen LogP contribution is -2.10. The molecule has 0 aliphatic rings. The molecule has 0 atom stereocenters. The zero-order valence-electron chi connectivity index (χ0n) is 8.83. The average molecular weight is 209 g/mol. The molecule has 0 N–H and O–H groups in total. The maximum atomic E-state index is 10.2. The lowest BCUT2D eigenvalue weighted by molar-refractivity contribution is 0.528. The van der Waals surface area contributed by atoms with Crippen LogP contribution < -0.4 is 0 Å². The van der Waals surface area contributed by atoms with E-state index in [2.05, 4.69) is 24.0 Å². The maximum absolute atomic E-state index is 10.2. The minimum absolute atomic E-state index is 0.418. The second-order valence-corrected chi connectivity index (χ2v) is 4.95. The van der Waals surface area contributed by atoms with E-state index >= 15 is 0 Å². The van der Waals surface area contributed by atoms with Crippen molar-refractivity contribution in [2.45, 2.75) is 39.2 Å². The van der Waals surface area contributed by atoms with Gasteiger partial charge in [0.05, 0.1) is 0 Å². The topological polar surface area (TPSA) is 29.4 Å². The smallest absolute Gasteiger partial charge is 0.211 e. The summed E-state index contributed by atoms with van der Waals surface area (Å²) in [7, 11) is 0. The van der Waals surface area contributed by atoms with Crippen molar-refractivity contribution in [3.8, 4) is 0 Å². The molecule has 1 aromatic heterocycles. The van der Waals surface area contributed by atoms with E-state index in [9.17, 15) is 4.79 Å². The SMILES string of the molecule is CCCc1ccc(C(C)(C)N=C=O)s1. The number of aryl methyl sites for hydroxylation is 1. The van der Waals surface area contributed by atoms with Crippen molar-refractivity contribution in [2.75, 3.05) is 0 Å². The number of rotatable bonds is 4. The van der Waals surface area contributed by atoms with Gasteiger partial charge in [-0.2, -0.15) is 4.99 Å². The third-order valence-corrected chi connectivity index (χ3v) is 3.54. The van der Waals surface area contributed by atoms with Crippen molar-refractivity contribution in [3.05, 3.63) is 21.9 Å². The van der Waals surface area contributed by atoms with Gasteiger partial charge in [0, 0.05) is 9.75 Å². The fraction of sp³-hybridized carbons (Fsp3) is 0.545. The van der Waals surface area contributed by atoms with E-state index in [4.69, 9.17) is 0 Å². The predicted molar refractivity (Wildman–Crippen MR) is 59.5 cm³/mol. The summed E-state index contributed by atoms with van der Waals surface area (Å²) in [6.45, 7) is 6.02. The predicted octanol–water partition coefficient (Wildman–Crippen LogP) is 3.27. The number of thiophene rings is 1. The third kappa shape index (κ3) is 2.53. The molecule has 76 valence electrons. The number of aliphatic imine (C=N–C) groups is 1. The largest absolute Gasteiger partial charge is 0.235 e. The van der Waals surface area contributed by atoms with Crippen LogP contribution in [0.1, 0.15) is 36.9 Å². The van der Waals surface area contributed by atoms with Gasteiger partial charge >= 0.3 is 0 Å². The van der Waals surface area contributed by atoms with Gasteiger partial charge in [0.2, 0.25) is 6.08 Å². The van der Waals surface area contributed by atoms with E-state index in [0.717, 1.165) is 17.7 Å². The van der Waals surface area contributed by atoms with Crippen molar-refractivity contribution < 1.29 is 4.79 Å². The lowest BCUT2D eigenvalue weighted by atomic mass is 10.1. The van der Waals surface area contributed by atoms with Crippen LogP contribution in [0.3, 0.4) is 0 Å². The van der Waals surface area contributed by atoms with E-state index in [-0.39, 0.29) is 0 Å². The number of isocyanates is 1. The summed E-state index contributed by atoms with van der Waals surface area (Å²) in [4.78, 5) is 16.5. The van der Waals surface area contributed by atoms with Gasteiger partial charge in [-0.1, -0.05) is 13.3 Å². The monoisotopic (exact) mass is 209 g/mol. The van der Waals surface area contributed by atoms with Crippen molar-refractivity contribution in [2.24, 2.45) is 4.99 Å². The summed E-state index contributed by atoms with van der Waals surface area (Å²) >= 11 is 1.73. The van der Waals surface area contributed by atoms with Crippen molar-refractivity contribution >= 4 is 17.4 Å². The second-order valence-electron chi connectivity index (χ2n) is 3.78. The average Bonchev–Trinajstić information content (AvgIpc) is 2.54. The van der Waals surface area contributed by atoms with Crippen molar-refractivity contribution in [1.82, 2.24) is 0 Å². The molecule has 1 aromatic rings. The first-order chi connectivity index (χ1) is 6.60. The summed E-state index contributed by atoms with van der Waals surface area (Å²) in [5.74, 6) is 0. The van der Waals surface area contributed by atoms with Gasteiger partial charge in [0.25, 0.3) is 0 Å². The first-order valence-electron chi connectivity index (χ1n) is 4.78. The van der Waals surface area contributed by atoms with E-state index in [1.165, 1.54) is 4.88 Å². The first-order valence-corrected chi connectivity index (χ1v) is 5.60. The Hall–Kier alpha value is -0.920. The summed E-state index contributed by atoms with van der Waals surface area (Å²) < 4.78 is 0. The third-order valence-electron chi connectivity index (χ3n) is 2.09. The van der Waals surface area contributed by atoms with Crippen LogP contribution in [-0.4, -0.2) is 6.08 Å². The van der Waals surface area contributed by atoms with Crippen LogP contribution in [0.5, 0.6) is 0 Å². The zero-order valence-corrected chi connectivity index (χ0v) is 9.65. The van der Waals surface area contributed by atoms with Gasteiger partial charge in [-0.3, -0.25) is 0 Å². The van der Waals surface area contributed by atoms with Crippen LogP contribution in [0.25, 0.3) is 0 Å². The molecular weight excluding hydrogens is 194 g/mol. The molecule has 0 unspecified atom stereocenters. The van der Waals surface area contributed by atoms with Crippen LogP contribution in [-0.2, 0) is 16.8 Å². The van der Waals surface area contributed by atoms with Crippen molar-refractivity contribution in [3.63, 3.8) is 0 Å². The molecule has 0 saturated heterocycles. The molecule has 0 aliphatic carbocycles. The molecule has 0 radical (unpaired) electrons. The van der Waals surface area contributed by atoms with Crippen LogP contribution in [0.15, 0.2) is 17.1 Å². The summed E-state index contributed by atoms with van der Waals surface area (Å²) in [6, 6.07) is 4.17. The molecule has 3 heteroatoms. The van der Waals surface area contributed by atoms with Crippen molar-refractivity contribution in [1.29, 1.82) is 0 Å². The fourth-order valence-electron chi connectivity index (χ4n) is 1.26. The molecule has 0 fully saturated rings. The van der Waals surface area contributed by atoms with Crippen LogP contribution in [0, 0.1) is 0 Å². The van der Waals surface area contributed by atoms with Gasteiger partial charge in [0.1, 0.15) is 5.54 Å². The molecule has 2 nitrogen and oxygen atoms in total. The van der Waals surface area contributed by atoms with Crippen LogP contribution in [0.2, 0.25) is 0 Å². The standard InChI is InChI=1S/C11H15NOS/c1-4-5-9-6-7-10(14-9)11(2,3)12-8-13/h6-7H,4-5H2,1-3H3. The Labute approximate surface area is 88.7 Å². The van der Waals surface area contributed by atoms with Crippen LogP contribution in [0.4, 0.5) is 0 Å². The first kappa shape index (κ1) is 11.2. The maximum Gasteiger partial charge on any atom is 0.235 e. The van der Waals surface area contributed by atoms with E-state index in [0.29, 0.717) is 0 Å². The van der Waals surface area contributed by atoms with Gasteiger partial charge in [-0.05, 0) is 32.4 Å². The van der Waals surface area contributed by atoms with Gasteiger partial charge in [-0.15, -0.1) is 11.3 Å². The molecule has 1 rings (SSSR count). The van der Waals surface area contributed by atoms with Crippen LogP contribution >= 0.6 is 11.3 Å². The zero-order chi connectivity index (χ0) is 10.6. The number of hydrogen-bond donors (Lipinski definition) is 0. The Morgan fingerprint density at radius 3 is 2.79 bits per heavy atom. The highest BCUT2D eigenvalue weighted by atomic mass is 32.1. The Bertz CT molecular complexity index is 348. The summed E-state index contributed by atoms with van der Waals surface area (Å²) in [6.07, 6.45) is 3.88. The van der Waals surface area contributed by atoms with E-state index < -0.39 is 5.54 Å². The normalized spacial score (nSPS) is 11.1. The molecule has 0 amide bonds. The minimum atomic E-state index is -0.418. The Morgan fingerprint density at radius 2 is 2.21 bits per heavy atom. The summed E-state index contributed by atoms with van der Waals surface area (Å²) in [5.41, 5.74) is -0.418. The molecule has 1 heterocycles. The lowest BCUT2D eigenvalue weighted by Gasteiger charge is -2.14. The highest BCUT2D eigenvalue weighted by molar-refractivity contribution is 7.12. The molecule has 14 heavy (non-hydrogen) atoms. The quantitative estimate of drug-likeness (QED) is 0.552. The number of carbonyl (C=O) groups excluding carboxylic acids is 1. The number of hydrogen-bond acceptors (Lipinski definition) is 3. The van der Waals surface area contributed by atoms with Gasteiger partial charge in [0.15, 0.2) is 0 Å². The molecule has 0 bridgehead atoms. The molecule has 0 aromatic carbocycles. The molecule has 0 spiro atoms. The highest BCUT2D eigenvalue weighted by Crippen LogP contribution is 2.31. The fourth-order valence-corrected chi connectivity index (χ4v) is 2.41. The molecule has 0 saturated carbocycles. The Morgan fingerprint density at radius 1 is 1.50 bits per heavy atom. The Balaban J connectivity index is 2.90. The molecule has 0 aliphatic heterocycles. The second kappa shape index (κ2) is 4.54. The van der Waals surface area contributed by atoms with E-state index in [1.54, 1.807) is 17.4 Å². The van der Waals surface area contributed by atoms with Gasteiger partial charge < -0.3 is 0 Å². The minimum Gasteiger partial charge on any atom is -0.211 e. The van der Waals surface area contributed by atoms with Gasteiger partial charge in [-0.25, -0.2) is 4.79 Å².